The minimum Gasteiger partial charge on any atom is -0.479 e. The van der Waals surface area contributed by atoms with Gasteiger partial charge in [0.05, 0.1) is 17.9 Å². The molecule has 0 saturated carbocycles. The zero-order valence-electron chi connectivity index (χ0n) is 17.4. The van der Waals surface area contributed by atoms with E-state index >= 15 is 0 Å². The summed E-state index contributed by atoms with van der Waals surface area (Å²) in [6.07, 6.45) is -0.606. The van der Waals surface area contributed by atoms with Gasteiger partial charge in [-0.3, -0.25) is 9.59 Å². The van der Waals surface area contributed by atoms with Crippen molar-refractivity contribution in [2.24, 2.45) is 0 Å². The number of aryl methyl sites for hydroxylation is 3. The number of fused-ring (bicyclic) bond motifs is 1. The lowest BCUT2D eigenvalue weighted by Crippen LogP contribution is -2.44. The largest absolute Gasteiger partial charge is 0.479 e. The number of anilines is 2. The quantitative estimate of drug-likeness (QED) is 0.704. The van der Waals surface area contributed by atoms with Gasteiger partial charge in [-0.1, -0.05) is 22.9 Å². The topological polar surface area (TPSA) is 84.7 Å². The lowest BCUT2D eigenvalue weighted by molar-refractivity contribution is -0.125. The molecule has 0 fully saturated rings. The second-order valence-corrected chi connectivity index (χ2v) is 7.49. The number of hydrogen-bond donors (Lipinski definition) is 1. The molecule has 0 radical (unpaired) electrons. The Hall–Kier alpha value is -3.61. The first kappa shape index (κ1) is 19.7. The Kier molecular flexibility index (Phi) is 5.03. The van der Waals surface area contributed by atoms with Crippen LogP contribution < -0.4 is 15.0 Å². The van der Waals surface area contributed by atoms with Crippen molar-refractivity contribution >= 4 is 23.2 Å². The molecule has 3 aromatic rings. The van der Waals surface area contributed by atoms with Gasteiger partial charge < -0.3 is 19.5 Å². The maximum Gasteiger partial charge on any atom is 0.268 e. The summed E-state index contributed by atoms with van der Waals surface area (Å²) < 4.78 is 11.0. The van der Waals surface area contributed by atoms with Crippen LogP contribution in [-0.2, 0) is 11.3 Å². The Bertz CT molecular complexity index is 1100. The van der Waals surface area contributed by atoms with E-state index in [1.165, 1.54) is 0 Å². The number of hydrogen-bond acceptors (Lipinski definition) is 5. The number of carbonyl (C=O) groups is 2. The van der Waals surface area contributed by atoms with Gasteiger partial charge in [-0.05, 0) is 58.0 Å². The summed E-state index contributed by atoms with van der Waals surface area (Å²) in [7, 11) is 0. The van der Waals surface area contributed by atoms with Crippen molar-refractivity contribution in [3.63, 3.8) is 0 Å². The fourth-order valence-corrected chi connectivity index (χ4v) is 3.44. The van der Waals surface area contributed by atoms with Gasteiger partial charge in [0.2, 0.25) is 0 Å². The lowest BCUT2D eigenvalue weighted by atomic mass is 10.1. The number of carbonyl (C=O) groups excluding carboxylic acids is 2. The average molecular weight is 405 g/mol. The molecule has 0 bridgehead atoms. The van der Waals surface area contributed by atoms with Gasteiger partial charge in [0.15, 0.2) is 6.10 Å². The van der Waals surface area contributed by atoms with Gasteiger partial charge in [0, 0.05) is 16.8 Å². The van der Waals surface area contributed by atoms with Gasteiger partial charge in [-0.2, -0.15) is 0 Å². The zero-order valence-corrected chi connectivity index (χ0v) is 17.4. The van der Waals surface area contributed by atoms with Crippen LogP contribution in [0.2, 0.25) is 0 Å². The number of aromatic nitrogens is 1. The predicted octanol–water partition coefficient (Wildman–Crippen LogP) is 4.17. The number of ether oxygens (including phenoxy) is 1. The Labute approximate surface area is 174 Å². The Morgan fingerprint density at radius 2 is 1.87 bits per heavy atom. The van der Waals surface area contributed by atoms with Crippen molar-refractivity contribution < 1.29 is 18.8 Å². The Morgan fingerprint density at radius 3 is 2.53 bits per heavy atom. The molecule has 1 aliphatic rings. The number of nitrogens with one attached hydrogen (secondary N) is 1. The molecule has 7 heteroatoms. The van der Waals surface area contributed by atoms with Crippen molar-refractivity contribution in [2.45, 2.75) is 40.3 Å². The SMILES string of the molecule is Cc1ccc(C(=O)Nc2ccc3c(c2)N(Cc2c(C)noc2C)C(=O)C(C)O3)cc1. The molecule has 2 heterocycles. The first-order chi connectivity index (χ1) is 14.3. The molecular weight excluding hydrogens is 382 g/mol. The number of rotatable bonds is 4. The lowest BCUT2D eigenvalue weighted by Gasteiger charge is -2.33. The van der Waals surface area contributed by atoms with Crippen LogP contribution in [0.15, 0.2) is 47.0 Å². The molecule has 1 aliphatic heterocycles. The fraction of sp³-hybridized carbons (Fsp3) is 0.261. The molecule has 1 N–H and O–H groups in total. The molecular formula is C23H23N3O4. The summed E-state index contributed by atoms with van der Waals surface area (Å²) in [5.74, 6) is 0.875. The first-order valence-corrected chi connectivity index (χ1v) is 9.75. The molecule has 30 heavy (non-hydrogen) atoms. The van der Waals surface area contributed by atoms with E-state index in [2.05, 4.69) is 10.5 Å². The summed E-state index contributed by atoms with van der Waals surface area (Å²) in [6.45, 7) is 7.67. The van der Waals surface area contributed by atoms with Gasteiger partial charge in [0.1, 0.15) is 11.5 Å². The highest BCUT2D eigenvalue weighted by molar-refractivity contribution is 6.05. The number of benzene rings is 2. The van der Waals surface area contributed by atoms with Gasteiger partial charge in [-0.25, -0.2) is 0 Å². The Balaban J connectivity index is 1.65. The van der Waals surface area contributed by atoms with Gasteiger partial charge >= 0.3 is 0 Å². The maximum atomic E-state index is 12.9. The van der Waals surface area contributed by atoms with E-state index in [9.17, 15) is 9.59 Å². The fourth-order valence-electron chi connectivity index (χ4n) is 3.44. The molecule has 2 aromatic carbocycles. The van der Waals surface area contributed by atoms with Crippen LogP contribution in [0, 0.1) is 20.8 Å². The summed E-state index contributed by atoms with van der Waals surface area (Å²) in [5, 5.41) is 6.87. The third-order valence-electron chi connectivity index (χ3n) is 5.24. The van der Waals surface area contributed by atoms with E-state index < -0.39 is 6.10 Å². The molecule has 0 saturated heterocycles. The first-order valence-electron chi connectivity index (χ1n) is 9.75. The summed E-state index contributed by atoms with van der Waals surface area (Å²) >= 11 is 0. The van der Waals surface area contributed by atoms with Crippen LogP contribution in [0.4, 0.5) is 11.4 Å². The average Bonchev–Trinajstić information content (AvgIpc) is 3.04. The molecule has 0 aliphatic carbocycles. The van der Waals surface area contributed by atoms with Crippen LogP contribution in [-0.4, -0.2) is 23.1 Å². The molecule has 0 spiro atoms. The van der Waals surface area contributed by atoms with Gasteiger partial charge in [-0.15, -0.1) is 0 Å². The van der Waals surface area contributed by atoms with Crippen molar-refractivity contribution in [2.75, 3.05) is 10.2 Å². The molecule has 4 rings (SSSR count). The van der Waals surface area contributed by atoms with Crippen LogP contribution in [0.25, 0.3) is 0 Å². The van der Waals surface area contributed by atoms with E-state index in [0.29, 0.717) is 35.0 Å². The molecule has 1 unspecified atom stereocenters. The molecule has 7 nitrogen and oxygen atoms in total. The van der Waals surface area contributed by atoms with Crippen LogP contribution in [0.5, 0.6) is 5.75 Å². The third-order valence-corrected chi connectivity index (χ3v) is 5.24. The summed E-state index contributed by atoms with van der Waals surface area (Å²) in [5.41, 5.74) is 4.42. The van der Waals surface area contributed by atoms with E-state index in [1.54, 1.807) is 42.2 Å². The zero-order chi connectivity index (χ0) is 21.4. The smallest absolute Gasteiger partial charge is 0.268 e. The van der Waals surface area contributed by atoms with Crippen molar-refractivity contribution in [3.8, 4) is 5.75 Å². The van der Waals surface area contributed by atoms with Crippen LogP contribution >= 0.6 is 0 Å². The third kappa shape index (κ3) is 3.66. The maximum absolute atomic E-state index is 12.9. The van der Waals surface area contributed by atoms with Crippen molar-refractivity contribution in [3.05, 3.63) is 70.6 Å². The number of amides is 2. The standard InChI is InChI=1S/C23H23N3O4/c1-13-5-7-17(8-6-13)22(27)24-18-9-10-21-20(11-18)26(23(28)16(4)29-21)12-19-14(2)25-30-15(19)3/h5-11,16H,12H2,1-4H3,(H,24,27). The van der Waals surface area contributed by atoms with Crippen LogP contribution in [0.3, 0.4) is 0 Å². The van der Waals surface area contributed by atoms with Crippen molar-refractivity contribution in [1.82, 2.24) is 5.16 Å². The molecule has 1 aromatic heterocycles. The van der Waals surface area contributed by atoms with Gasteiger partial charge in [0.25, 0.3) is 11.8 Å². The second-order valence-electron chi connectivity index (χ2n) is 7.49. The number of nitrogens with zero attached hydrogens (tertiary/aromatic N) is 2. The normalized spacial score (nSPS) is 15.5. The summed E-state index contributed by atoms with van der Waals surface area (Å²) in [4.78, 5) is 27.1. The minimum absolute atomic E-state index is 0.162. The molecule has 1 atom stereocenters. The Morgan fingerprint density at radius 1 is 1.13 bits per heavy atom. The van der Waals surface area contributed by atoms with E-state index in [4.69, 9.17) is 9.26 Å². The molecule has 2 amide bonds. The predicted molar refractivity (Wildman–Crippen MR) is 113 cm³/mol. The highest BCUT2D eigenvalue weighted by Gasteiger charge is 2.33. The molecule has 154 valence electrons. The minimum atomic E-state index is -0.606. The summed E-state index contributed by atoms with van der Waals surface area (Å²) in [6, 6.07) is 12.6. The van der Waals surface area contributed by atoms with Crippen LogP contribution in [0.1, 0.15) is 39.9 Å². The highest BCUT2D eigenvalue weighted by Crippen LogP contribution is 2.37. The van der Waals surface area contributed by atoms with E-state index in [-0.39, 0.29) is 11.8 Å². The second kappa shape index (κ2) is 7.67. The van der Waals surface area contributed by atoms with E-state index in [0.717, 1.165) is 16.8 Å². The van der Waals surface area contributed by atoms with E-state index in [1.807, 2.05) is 32.9 Å². The monoisotopic (exact) mass is 405 g/mol. The highest BCUT2D eigenvalue weighted by atomic mass is 16.5. The van der Waals surface area contributed by atoms with Crippen molar-refractivity contribution in [1.29, 1.82) is 0 Å².